The second-order valence-corrected chi connectivity index (χ2v) is 11.3. The zero-order valence-electron chi connectivity index (χ0n) is 16.1. The summed E-state index contributed by atoms with van der Waals surface area (Å²) in [6.07, 6.45) is 0.176. The number of rotatable bonds is 3. The number of nitrogens with zero attached hydrogens (tertiary/aromatic N) is 2. The summed E-state index contributed by atoms with van der Waals surface area (Å²) in [6.45, 7) is 3.99. The van der Waals surface area contributed by atoms with E-state index in [-0.39, 0.29) is 35.1 Å². The van der Waals surface area contributed by atoms with Crippen molar-refractivity contribution in [3.8, 4) is 0 Å². The van der Waals surface area contributed by atoms with E-state index < -0.39 is 9.84 Å². The van der Waals surface area contributed by atoms with Gasteiger partial charge in [-0.15, -0.1) is 0 Å². The van der Waals surface area contributed by atoms with Gasteiger partial charge in [-0.2, -0.15) is 4.99 Å². The normalized spacial score (nSPS) is 24.1. The minimum absolute atomic E-state index is 0.0861. The second kappa shape index (κ2) is 7.78. The Morgan fingerprint density at radius 2 is 1.79 bits per heavy atom. The van der Waals surface area contributed by atoms with Crippen molar-refractivity contribution < 1.29 is 13.2 Å². The highest BCUT2D eigenvalue weighted by molar-refractivity contribution is 8.16. The number of halogens is 1. The first-order valence-electron chi connectivity index (χ1n) is 9.32. The quantitative estimate of drug-likeness (QED) is 0.714. The molecule has 1 amide bonds. The van der Waals surface area contributed by atoms with Gasteiger partial charge in [0.25, 0.3) is 5.91 Å². The van der Waals surface area contributed by atoms with Crippen molar-refractivity contribution in [2.45, 2.75) is 31.6 Å². The van der Waals surface area contributed by atoms with Gasteiger partial charge < -0.3 is 4.90 Å². The fourth-order valence-electron chi connectivity index (χ4n) is 3.93. The molecule has 29 heavy (non-hydrogen) atoms. The van der Waals surface area contributed by atoms with Crippen LogP contribution in [0.3, 0.4) is 0 Å². The van der Waals surface area contributed by atoms with Gasteiger partial charge >= 0.3 is 0 Å². The molecule has 2 aromatic rings. The van der Waals surface area contributed by atoms with Crippen molar-refractivity contribution in [2.75, 3.05) is 16.4 Å². The van der Waals surface area contributed by atoms with Crippen molar-refractivity contribution >= 4 is 50.0 Å². The molecule has 0 saturated carbocycles. The van der Waals surface area contributed by atoms with Crippen LogP contribution in [0.1, 0.15) is 16.7 Å². The largest absolute Gasteiger partial charge is 0.315 e. The predicted octanol–water partition coefficient (Wildman–Crippen LogP) is 3.80. The molecular weight excluding hydrogens is 428 g/mol. The highest BCUT2D eigenvalue weighted by atomic mass is 35.5. The molecular formula is C21H21ClN2O3S2. The number of aryl methyl sites for hydroxylation is 2. The van der Waals surface area contributed by atoms with E-state index in [4.69, 9.17) is 11.6 Å². The summed E-state index contributed by atoms with van der Waals surface area (Å²) >= 11 is 7.31. The van der Waals surface area contributed by atoms with Crippen LogP contribution in [-0.2, 0) is 21.1 Å². The maximum Gasteiger partial charge on any atom is 0.252 e. The van der Waals surface area contributed by atoms with E-state index in [0.29, 0.717) is 10.2 Å². The van der Waals surface area contributed by atoms with Crippen molar-refractivity contribution in [1.82, 2.24) is 0 Å². The molecule has 0 bridgehead atoms. The van der Waals surface area contributed by atoms with Gasteiger partial charge in [-0.1, -0.05) is 53.7 Å². The maximum absolute atomic E-state index is 12.7. The number of sulfone groups is 1. The number of para-hydroxylation sites is 1. The lowest BCUT2D eigenvalue weighted by Crippen LogP contribution is -2.38. The molecule has 2 heterocycles. The smallest absolute Gasteiger partial charge is 0.252 e. The Morgan fingerprint density at radius 1 is 1.14 bits per heavy atom. The van der Waals surface area contributed by atoms with Gasteiger partial charge in [-0.3, -0.25) is 4.79 Å². The average molecular weight is 449 g/mol. The summed E-state index contributed by atoms with van der Waals surface area (Å²) in [5.74, 6) is -0.0503. The molecule has 2 fully saturated rings. The lowest BCUT2D eigenvalue weighted by Gasteiger charge is -2.28. The van der Waals surface area contributed by atoms with Crippen LogP contribution < -0.4 is 4.90 Å². The number of carbonyl (C=O) groups is 1. The van der Waals surface area contributed by atoms with Crippen LogP contribution in [0.25, 0.3) is 0 Å². The van der Waals surface area contributed by atoms with Gasteiger partial charge in [-0.05, 0) is 42.7 Å². The molecule has 2 unspecified atom stereocenters. The predicted molar refractivity (Wildman–Crippen MR) is 120 cm³/mol. The maximum atomic E-state index is 12.7. The summed E-state index contributed by atoms with van der Waals surface area (Å²) in [7, 11) is -3.09. The van der Waals surface area contributed by atoms with E-state index >= 15 is 0 Å². The number of hydrogen-bond acceptors (Lipinski definition) is 4. The number of amidine groups is 1. The Labute approximate surface area is 180 Å². The molecule has 4 rings (SSSR count). The number of carbonyl (C=O) groups excluding carboxylic acids is 1. The van der Waals surface area contributed by atoms with Crippen molar-refractivity contribution in [3.05, 3.63) is 64.2 Å². The number of hydrogen-bond donors (Lipinski definition) is 0. The first kappa shape index (κ1) is 20.4. The Kier molecular flexibility index (Phi) is 5.48. The molecule has 2 aliphatic rings. The first-order valence-corrected chi connectivity index (χ1v) is 12.4. The lowest BCUT2D eigenvalue weighted by molar-refractivity contribution is -0.117. The number of amides is 1. The number of thioether (sulfide) groups is 1. The SMILES string of the molecule is Cc1cccc(C)c1N1C(=NC(=O)Cc2ccc(Cl)cc2)SC2CS(=O)(=O)CC21. The molecule has 2 aromatic carbocycles. The molecule has 5 nitrogen and oxygen atoms in total. The van der Waals surface area contributed by atoms with Gasteiger partial charge in [0, 0.05) is 16.0 Å². The van der Waals surface area contributed by atoms with Crippen LogP contribution in [0.2, 0.25) is 5.02 Å². The third kappa shape index (κ3) is 4.22. The van der Waals surface area contributed by atoms with Gasteiger partial charge in [0.05, 0.1) is 24.0 Å². The lowest BCUT2D eigenvalue weighted by atomic mass is 10.1. The zero-order valence-corrected chi connectivity index (χ0v) is 18.5. The molecule has 0 radical (unpaired) electrons. The van der Waals surface area contributed by atoms with E-state index in [2.05, 4.69) is 4.99 Å². The van der Waals surface area contributed by atoms with Crippen LogP contribution >= 0.6 is 23.4 Å². The number of aliphatic imine (C=N–C) groups is 1. The highest BCUT2D eigenvalue weighted by Gasteiger charge is 2.49. The van der Waals surface area contributed by atoms with Gasteiger partial charge in [0.2, 0.25) is 0 Å². The van der Waals surface area contributed by atoms with Crippen molar-refractivity contribution in [1.29, 1.82) is 0 Å². The van der Waals surface area contributed by atoms with Crippen molar-refractivity contribution in [2.24, 2.45) is 4.99 Å². The standard InChI is InChI=1S/C21H21ClN2O3S2/c1-13-4-3-5-14(2)20(13)24-17-11-29(26,27)12-18(17)28-21(24)23-19(25)10-15-6-8-16(22)9-7-15/h3-9,17-18H,10-12H2,1-2H3. The monoisotopic (exact) mass is 448 g/mol. The summed E-state index contributed by atoms with van der Waals surface area (Å²) in [5.41, 5.74) is 3.86. The molecule has 152 valence electrons. The van der Waals surface area contributed by atoms with E-state index in [1.165, 1.54) is 11.8 Å². The summed E-state index contributed by atoms with van der Waals surface area (Å²) in [4.78, 5) is 19.0. The van der Waals surface area contributed by atoms with Crippen LogP contribution in [0.4, 0.5) is 5.69 Å². The molecule has 0 spiro atoms. The average Bonchev–Trinajstić information content (AvgIpc) is 3.09. The second-order valence-electron chi connectivity index (χ2n) is 7.50. The highest BCUT2D eigenvalue weighted by Crippen LogP contribution is 2.43. The summed E-state index contributed by atoms with van der Waals surface area (Å²) in [6, 6.07) is 12.9. The number of fused-ring (bicyclic) bond motifs is 1. The minimum Gasteiger partial charge on any atom is -0.315 e. The van der Waals surface area contributed by atoms with Crippen molar-refractivity contribution in [3.63, 3.8) is 0 Å². The molecule has 0 N–H and O–H groups in total. The minimum atomic E-state index is -3.09. The fourth-order valence-corrected chi connectivity index (χ4v) is 7.98. The molecule has 2 atom stereocenters. The van der Waals surface area contributed by atoms with Crippen LogP contribution in [-0.4, -0.2) is 42.3 Å². The van der Waals surface area contributed by atoms with Gasteiger partial charge in [-0.25, -0.2) is 8.42 Å². The first-order chi connectivity index (χ1) is 13.7. The number of anilines is 1. The van der Waals surface area contributed by atoms with Crippen LogP contribution in [0, 0.1) is 13.8 Å². The summed E-state index contributed by atoms with van der Waals surface area (Å²) < 4.78 is 24.5. The Bertz CT molecular complexity index is 1080. The van der Waals surface area contributed by atoms with Gasteiger partial charge in [0.1, 0.15) is 0 Å². The van der Waals surface area contributed by atoms with E-state index in [9.17, 15) is 13.2 Å². The van der Waals surface area contributed by atoms with Crippen LogP contribution in [0.15, 0.2) is 47.5 Å². The van der Waals surface area contributed by atoms with Crippen LogP contribution in [0.5, 0.6) is 0 Å². The van der Waals surface area contributed by atoms with Gasteiger partial charge in [0.15, 0.2) is 15.0 Å². The molecule has 0 aromatic heterocycles. The Morgan fingerprint density at radius 3 is 2.45 bits per heavy atom. The van der Waals surface area contributed by atoms with E-state index in [0.717, 1.165) is 22.4 Å². The third-order valence-corrected chi connectivity index (χ3v) is 8.70. The zero-order chi connectivity index (χ0) is 20.8. The van der Waals surface area contributed by atoms with E-state index in [1.54, 1.807) is 12.1 Å². The summed E-state index contributed by atoms with van der Waals surface area (Å²) in [5, 5.41) is 1.10. The third-order valence-electron chi connectivity index (χ3n) is 5.24. The number of benzene rings is 2. The Balaban J connectivity index is 1.69. The molecule has 2 saturated heterocycles. The molecule has 2 aliphatic heterocycles. The van der Waals surface area contributed by atoms with E-state index in [1.807, 2.05) is 49.1 Å². The fraction of sp³-hybridized carbons (Fsp3) is 0.333. The molecule has 8 heteroatoms. The Hall–Kier alpha value is -1.83. The molecule has 0 aliphatic carbocycles. The topological polar surface area (TPSA) is 66.8 Å².